The molecule has 0 saturated heterocycles. The first-order valence-electron chi connectivity index (χ1n) is 14.6. The molecule has 12 nitrogen and oxygen atoms in total. The maximum atomic E-state index is 13.2. The van der Waals surface area contributed by atoms with Gasteiger partial charge in [-0.15, -0.1) is 5.10 Å². The first-order chi connectivity index (χ1) is 21.0. The van der Waals surface area contributed by atoms with Crippen molar-refractivity contribution in [2.75, 3.05) is 17.9 Å². The van der Waals surface area contributed by atoms with Gasteiger partial charge in [-0.3, -0.25) is 4.79 Å². The molecule has 2 aromatic carbocycles. The number of aliphatic hydroxyl groups is 2. The Labute approximate surface area is 252 Å². The maximum Gasteiger partial charge on any atom is 0.231 e. The fourth-order valence-electron chi connectivity index (χ4n) is 5.87. The van der Waals surface area contributed by atoms with Gasteiger partial charge in [0.05, 0.1) is 18.1 Å². The molecule has 7 rings (SSSR count). The van der Waals surface area contributed by atoms with Gasteiger partial charge in [0, 0.05) is 24.3 Å². The van der Waals surface area contributed by atoms with Crippen molar-refractivity contribution in [2.45, 2.75) is 68.1 Å². The minimum absolute atomic E-state index is 0.172. The second-order valence-electron chi connectivity index (χ2n) is 11.2. The van der Waals surface area contributed by atoms with Crippen molar-refractivity contribution in [1.29, 1.82) is 0 Å². The number of thioether (sulfide) groups is 1. The Morgan fingerprint density at radius 1 is 1.07 bits per heavy atom. The summed E-state index contributed by atoms with van der Waals surface area (Å²) in [6, 6.07) is 15.4. The number of amides is 1. The van der Waals surface area contributed by atoms with Gasteiger partial charge in [-0.2, -0.15) is 0 Å². The number of nitrogens with zero attached hydrogens (tertiary/aromatic N) is 5. The number of benzene rings is 2. The molecule has 0 radical (unpaired) electrons. The van der Waals surface area contributed by atoms with E-state index in [-0.39, 0.29) is 31.7 Å². The Kier molecular flexibility index (Phi) is 7.53. The zero-order chi connectivity index (χ0) is 29.5. The van der Waals surface area contributed by atoms with Crippen molar-refractivity contribution in [3.05, 3.63) is 59.7 Å². The van der Waals surface area contributed by atoms with Gasteiger partial charge < -0.3 is 30.3 Å². The summed E-state index contributed by atoms with van der Waals surface area (Å²) in [4.78, 5) is 22.7. The van der Waals surface area contributed by atoms with E-state index in [2.05, 4.69) is 40.0 Å². The summed E-state index contributed by atoms with van der Waals surface area (Å²) in [6.45, 7) is 2.52. The number of ether oxygens (including phenoxy) is 2. The minimum Gasteiger partial charge on any atom is -0.454 e. The van der Waals surface area contributed by atoms with Crippen LogP contribution in [0.15, 0.2) is 53.7 Å². The van der Waals surface area contributed by atoms with E-state index in [0.717, 1.165) is 24.2 Å². The number of nitrogens with one attached hydrogen (secondary N) is 2. The number of aliphatic hydroxyl groups excluding tert-OH is 2. The molecule has 1 aliphatic heterocycles. The molecule has 2 unspecified atom stereocenters. The molecule has 2 aliphatic carbocycles. The van der Waals surface area contributed by atoms with E-state index in [1.807, 2.05) is 30.3 Å². The number of aromatic nitrogens is 5. The van der Waals surface area contributed by atoms with Crippen molar-refractivity contribution < 1.29 is 24.5 Å². The Balaban J connectivity index is 1.10. The molecule has 3 heterocycles. The molecular formula is C30H33N7O5S. The minimum atomic E-state index is -1.27. The number of fused-ring (bicyclic) bond motifs is 2. The van der Waals surface area contributed by atoms with Crippen LogP contribution in [0.2, 0.25) is 0 Å². The second-order valence-corrected chi connectivity index (χ2v) is 12.3. The van der Waals surface area contributed by atoms with Crippen LogP contribution >= 0.6 is 11.8 Å². The highest BCUT2D eigenvalue weighted by molar-refractivity contribution is 7.99. The maximum absolute atomic E-state index is 13.2. The summed E-state index contributed by atoms with van der Waals surface area (Å²) < 4.78 is 12.3. The van der Waals surface area contributed by atoms with Gasteiger partial charge in [0.2, 0.25) is 12.7 Å². The van der Waals surface area contributed by atoms with Gasteiger partial charge in [0.25, 0.3) is 0 Å². The lowest BCUT2D eigenvalue weighted by atomic mass is 10.0. The van der Waals surface area contributed by atoms with Crippen molar-refractivity contribution in [3.63, 3.8) is 0 Å². The molecule has 3 aliphatic rings. The molecule has 2 saturated carbocycles. The molecule has 43 heavy (non-hydrogen) atoms. The first kappa shape index (κ1) is 27.9. The third-order valence-corrected chi connectivity index (χ3v) is 9.34. The first-order valence-corrected chi connectivity index (χ1v) is 15.6. The topological polar surface area (TPSA) is 157 Å². The van der Waals surface area contributed by atoms with Crippen LogP contribution in [-0.2, 0) is 11.3 Å². The molecule has 224 valence electrons. The Morgan fingerprint density at radius 2 is 1.91 bits per heavy atom. The average molecular weight is 604 g/mol. The standard InChI is InChI=1S/C30H33N7O5S/c1-2-10-43-30-33-27(32-20-12-18(20)17-6-4-3-5-7-17)24-28(34-30)37(36-35-24)21-13-19(25(38)26(21)39)29(40)31-14-16-8-9-22-23(11-16)42-15-41-22/h3-9,11,18-21,25-26,38-39H,2,10,12-15H2,1H3,(H,31,40)(H,32,33,34)/t18?,19-,20?,21+,25+,26-/m1/s1. The lowest BCUT2D eigenvalue weighted by molar-refractivity contribution is -0.129. The summed E-state index contributed by atoms with van der Waals surface area (Å²) in [7, 11) is 0. The quantitative estimate of drug-likeness (QED) is 0.156. The zero-order valence-electron chi connectivity index (χ0n) is 23.6. The molecule has 6 atom stereocenters. The van der Waals surface area contributed by atoms with Gasteiger partial charge in [-0.05, 0) is 42.5 Å². The SMILES string of the molecule is CCCSc1nc(NC2CC2c2ccccc2)c2nnn([C@H]3C[C@@H](C(=O)NCc4ccc5c(c4)OCO5)[C@H](O)[C@@H]3O)c2n1. The van der Waals surface area contributed by atoms with Crippen molar-refractivity contribution >= 4 is 34.7 Å². The molecule has 4 aromatic rings. The number of hydrogen-bond donors (Lipinski definition) is 4. The highest BCUT2D eigenvalue weighted by atomic mass is 32.2. The molecule has 2 aromatic heterocycles. The summed E-state index contributed by atoms with van der Waals surface area (Å²) in [6.07, 6.45) is -0.377. The highest BCUT2D eigenvalue weighted by Gasteiger charge is 2.47. The predicted octanol–water partition coefficient (Wildman–Crippen LogP) is 3.02. The smallest absolute Gasteiger partial charge is 0.231 e. The Morgan fingerprint density at radius 3 is 2.74 bits per heavy atom. The van der Waals surface area contributed by atoms with Crippen LogP contribution in [0.1, 0.15) is 49.3 Å². The van der Waals surface area contributed by atoms with E-state index in [1.165, 1.54) is 5.56 Å². The van der Waals surface area contributed by atoms with Gasteiger partial charge in [0.15, 0.2) is 33.6 Å². The van der Waals surface area contributed by atoms with Crippen LogP contribution in [0, 0.1) is 5.92 Å². The number of rotatable bonds is 10. The highest BCUT2D eigenvalue weighted by Crippen LogP contribution is 2.44. The number of anilines is 1. The average Bonchev–Trinajstić information content (AvgIpc) is 3.30. The Hall–Kier alpha value is -3.94. The molecule has 13 heteroatoms. The zero-order valence-corrected chi connectivity index (χ0v) is 24.4. The number of hydrogen-bond acceptors (Lipinski definition) is 11. The van der Waals surface area contributed by atoms with Crippen LogP contribution < -0.4 is 20.1 Å². The molecular weight excluding hydrogens is 570 g/mol. The van der Waals surface area contributed by atoms with Crippen LogP contribution in [0.25, 0.3) is 11.2 Å². The summed E-state index contributed by atoms with van der Waals surface area (Å²) in [5.41, 5.74) is 3.08. The predicted molar refractivity (Wildman–Crippen MR) is 159 cm³/mol. The molecule has 2 fully saturated rings. The van der Waals surface area contributed by atoms with Gasteiger partial charge in [-0.25, -0.2) is 14.6 Å². The van der Waals surface area contributed by atoms with E-state index < -0.39 is 24.2 Å². The van der Waals surface area contributed by atoms with E-state index >= 15 is 0 Å². The summed E-state index contributed by atoms with van der Waals surface area (Å²) in [5.74, 6) is 1.94. The van der Waals surface area contributed by atoms with E-state index in [0.29, 0.717) is 39.6 Å². The fraction of sp³-hybridized carbons (Fsp3) is 0.433. The lowest BCUT2D eigenvalue weighted by Gasteiger charge is -2.17. The van der Waals surface area contributed by atoms with E-state index in [4.69, 9.17) is 19.4 Å². The van der Waals surface area contributed by atoms with Crippen molar-refractivity contribution in [2.24, 2.45) is 5.92 Å². The van der Waals surface area contributed by atoms with Gasteiger partial charge in [-0.1, -0.05) is 60.3 Å². The third-order valence-electron chi connectivity index (χ3n) is 8.29. The molecule has 0 bridgehead atoms. The molecule has 4 N–H and O–H groups in total. The normalized spacial score (nSPS) is 25.7. The fourth-order valence-corrected chi connectivity index (χ4v) is 6.57. The van der Waals surface area contributed by atoms with Crippen molar-refractivity contribution in [1.82, 2.24) is 30.3 Å². The lowest BCUT2D eigenvalue weighted by Crippen LogP contribution is -2.38. The molecule has 1 amide bonds. The Bertz CT molecular complexity index is 1640. The van der Waals surface area contributed by atoms with Crippen LogP contribution in [0.5, 0.6) is 11.5 Å². The summed E-state index contributed by atoms with van der Waals surface area (Å²) in [5, 5.41) is 37.8. The largest absolute Gasteiger partial charge is 0.454 e. The third kappa shape index (κ3) is 5.48. The number of carbonyl (C=O) groups excluding carboxylic acids is 1. The summed E-state index contributed by atoms with van der Waals surface area (Å²) >= 11 is 1.54. The van der Waals surface area contributed by atoms with Crippen molar-refractivity contribution in [3.8, 4) is 11.5 Å². The van der Waals surface area contributed by atoms with E-state index in [9.17, 15) is 15.0 Å². The number of carbonyl (C=O) groups is 1. The van der Waals surface area contributed by atoms with Gasteiger partial charge in [0.1, 0.15) is 6.10 Å². The van der Waals surface area contributed by atoms with E-state index in [1.54, 1.807) is 22.5 Å². The van der Waals surface area contributed by atoms with Crippen LogP contribution in [-0.4, -0.2) is 71.9 Å². The van der Waals surface area contributed by atoms with Crippen LogP contribution in [0.4, 0.5) is 5.82 Å². The second kappa shape index (κ2) is 11.6. The molecule has 0 spiro atoms. The monoisotopic (exact) mass is 603 g/mol. The van der Waals surface area contributed by atoms with Crippen LogP contribution in [0.3, 0.4) is 0 Å². The van der Waals surface area contributed by atoms with Gasteiger partial charge >= 0.3 is 0 Å².